The minimum absolute atomic E-state index is 0.0441. The first kappa shape index (κ1) is 12.9. The Morgan fingerprint density at radius 2 is 1.92 bits per heavy atom. The van der Waals surface area contributed by atoms with E-state index in [1.807, 2.05) is 0 Å². The summed E-state index contributed by atoms with van der Waals surface area (Å²) in [6, 6.07) is 0. The van der Waals surface area contributed by atoms with E-state index in [4.69, 9.17) is 10.5 Å². The maximum absolute atomic E-state index is 5.49. The van der Waals surface area contributed by atoms with Crippen molar-refractivity contribution in [3.63, 3.8) is 0 Å². The minimum Gasteiger partial charge on any atom is -0.379 e. The number of hydrogen-bond donors (Lipinski definition) is 1. The molecule has 2 heteroatoms. The first-order valence-electron chi connectivity index (χ1n) is 5.27. The predicted molar refractivity (Wildman–Crippen MR) is 57.8 cm³/mol. The van der Waals surface area contributed by atoms with Crippen LogP contribution in [0.1, 0.15) is 46.5 Å². The van der Waals surface area contributed by atoms with E-state index in [0.717, 1.165) is 25.3 Å². The van der Waals surface area contributed by atoms with Crippen molar-refractivity contribution in [1.82, 2.24) is 0 Å². The molecule has 0 saturated carbocycles. The molecule has 0 rings (SSSR count). The maximum Gasteiger partial charge on any atom is 0.0622 e. The Balaban J connectivity index is 3.44. The molecule has 0 aromatic heterocycles. The van der Waals surface area contributed by atoms with Gasteiger partial charge in [0.25, 0.3) is 0 Å². The lowest BCUT2D eigenvalue weighted by Crippen LogP contribution is -2.22. The molecule has 0 fully saturated rings. The average Bonchev–Trinajstić information content (AvgIpc) is 2.05. The van der Waals surface area contributed by atoms with Crippen LogP contribution in [0.5, 0.6) is 0 Å². The highest BCUT2D eigenvalue weighted by molar-refractivity contribution is 4.68. The molecule has 0 aromatic rings. The van der Waals surface area contributed by atoms with E-state index in [-0.39, 0.29) is 5.60 Å². The van der Waals surface area contributed by atoms with Gasteiger partial charge >= 0.3 is 0 Å². The smallest absolute Gasteiger partial charge is 0.0622 e. The summed E-state index contributed by atoms with van der Waals surface area (Å²) in [6.45, 7) is 7.36. The Morgan fingerprint density at radius 3 is 2.38 bits per heavy atom. The molecule has 0 aliphatic carbocycles. The molecule has 0 heterocycles. The van der Waals surface area contributed by atoms with Crippen molar-refractivity contribution in [2.45, 2.75) is 52.1 Å². The van der Waals surface area contributed by atoms with Crippen LogP contribution in [0.15, 0.2) is 0 Å². The van der Waals surface area contributed by atoms with Gasteiger partial charge in [-0.25, -0.2) is 0 Å². The largest absolute Gasteiger partial charge is 0.379 e. The Labute approximate surface area is 82.8 Å². The van der Waals surface area contributed by atoms with Gasteiger partial charge in [-0.15, -0.1) is 0 Å². The normalized spacial score (nSPS) is 14.5. The second-order valence-electron chi connectivity index (χ2n) is 4.54. The van der Waals surface area contributed by atoms with Crippen molar-refractivity contribution in [3.05, 3.63) is 0 Å². The topological polar surface area (TPSA) is 35.2 Å². The Kier molecular flexibility index (Phi) is 6.35. The second kappa shape index (κ2) is 6.39. The molecule has 0 amide bonds. The van der Waals surface area contributed by atoms with Crippen molar-refractivity contribution in [1.29, 1.82) is 0 Å². The third kappa shape index (κ3) is 7.03. The van der Waals surface area contributed by atoms with E-state index in [0.29, 0.717) is 0 Å². The van der Waals surface area contributed by atoms with Crippen LogP contribution in [0, 0.1) is 5.92 Å². The van der Waals surface area contributed by atoms with E-state index >= 15 is 0 Å². The monoisotopic (exact) mass is 187 g/mol. The van der Waals surface area contributed by atoms with Crippen molar-refractivity contribution in [3.8, 4) is 0 Å². The van der Waals surface area contributed by atoms with E-state index in [9.17, 15) is 0 Å². The summed E-state index contributed by atoms with van der Waals surface area (Å²) < 4.78 is 5.35. The van der Waals surface area contributed by atoms with Gasteiger partial charge in [0.05, 0.1) is 5.60 Å². The zero-order valence-electron chi connectivity index (χ0n) is 9.60. The summed E-state index contributed by atoms with van der Waals surface area (Å²) in [6.07, 6.45) is 4.79. The van der Waals surface area contributed by atoms with Crippen LogP contribution in [-0.2, 0) is 4.74 Å². The SMILES string of the molecule is COC(C)(C)CCCC(C)CCN. The molecular weight excluding hydrogens is 162 g/mol. The molecule has 80 valence electrons. The molecule has 1 atom stereocenters. The fraction of sp³-hybridized carbons (Fsp3) is 1.00. The summed E-state index contributed by atoms with van der Waals surface area (Å²) in [5.41, 5.74) is 5.53. The highest BCUT2D eigenvalue weighted by atomic mass is 16.5. The third-order valence-corrected chi connectivity index (χ3v) is 2.69. The molecule has 0 radical (unpaired) electrons. The molecule has 1 unspecified atom stereocenters. The lowest BCUT2D eigenvalue weighted by molar-refractivity contribution is 0.0127. The molecule has 0 aliphatic rings. The number of hydrogen-bond acceptors (Lipinski definition) is 2. The van der Waals surface area contributed by atoms with Gasteiger partial charge in [-0.1, -0.05) is 19.8 Å². The summed E-state index contributed by atoms with van der Waals surface area (Å²) in [4.78, 5) is 0. The summed E-state index contributed by atoms with van der Waals surface area (Å²) in [5, 5.41) is 0. The van der Waals surface area contributed by atoms with Crippen molar-refractivity contribution >= 4 is 0 Å². The zero-order valence-corrected chi connectivity index (χ0v) is 9.60. The van der Waals surface area contributed by atoms with Crippen LogP contribution in [-0.4, -0.2) is 19.3 Å². The van der Waals surface area contributed by atoms with Gasteiger partial charge in [0.1, 0.15) is 0 Å². The summed E-state index contributed by atoms with van der Waals surface area (Å²) >= 11 is 0. The average molecular weight is 187 g/mol. The van der Waals surface area contributed by atoms with Gasteiger partial charge in [0, 0.05) is 7.11 Å². The fourth-order valence-electron chi connectivity index (χ4n) is 1.41. The van der Waals surface area contributed by atoms with Crippen molar-refractivity contribution in [2.75, 3.05) is 13.7 Å². The summed E-state index contributed by atoms with van der Waals surface area (Å²) in [5.74, 6) is 0.762. The molecular formula is C11H25NO. The van der Waals surface area contributed by atoms with E-state index in [1.165, 1.54) is 12.8 Å². The quantitative estimate of drug-likeness (QED) is 0.665. The van der Waals surface area contributed by atoms with Gasteiger partial charge in [-0.2, -0.15) is 0 Å². The van der Waals surface area contributed by atoms with Crippen LogP contribution in [0.2, 0.25) is 0 Å². The molecule has 0 bridgehead atoms. The first-order chi connectivity index (χ1) is 6.02. The van der Waals surface area contributed by atoms with E-state index in [1.54, 1.807) is 7.11 Å². The Bertz CT molecular complexity index is 123. The predicted octanol–water partition coefficient (Wildman–Crippen LogP) is 2.57. The number of ether oxygens (including phenoxy) is 1. The fourth-order valence-corrected chi connectivity index (χ4v) is 1.41. The zero-order chi connectivity index (χ0) is 10.3. The van der Waals surface area contributed by atoms with E-state index < -0.39 is 0 Å². The van der Waals surface area contributed by atoms with Gasteiger partial charge in [-0.3, -0.25) is 0 Å². The van der Waals surface area contributed by atoms with Crippen LogP contribution in [0.3, 0.4) is 0 Å². The molecule has 0 spiro atoms. The maximum atomic E-state index is 5.49. The molecule has 0 aliphatic heterocycles. The van der Waals surface area contributed by atoms with E-state index in [2.05, 4.69) is 20.8 Å². The first-order valence-corrected chi connectivity index (χ1v) is 5.27. The number of methoxy groups -OCH3 is 1. The lowest BCUT2D eigenvalue weighted by atomic mass is 9.95. The molecule has 0 saturated heterocycles. The molecule has 0 aromatic carbocycles. The Morgan fingerprint density at radius 1 is 1.31 bits per heavy atom. The number of nitrogens with two attached hydrogens (primary N) is 1. The highest BCUT2D eigenvalue weighted by Crippen LogP contribution is 2.19. The standard InChI is InChI=1S/C11H25NO/c1-10(7-9-12)6-5-8-11(2,3)13-4/h10H,5-9,12H2,1-4H3. The molecule has 2 nitrogen and oxygen atoms in total. The van der Waals surface area contributed by atoms with Gasteiger partial charge in [0.15, 0.2) is 0 Å². The number of rotatable bonds is 7. The highest BCUT2D eigenvalue weighted by Gasteiger charge is 2.15. The van der Waals surface area contributed by atoms with Crippen LogP contribution < -0.4 is 5.73 Å². The van der Waals surface area contributed by atoms with Crippen LogP contribution >= 0.6 is 0 Å². The second-order valence-corrected chi connectivity index (χ2v) is 4.54. The lowest BCUT2D eigenvalue weighted by Gasteiger charge is -2.23. The van der Waals surface area contributed by atoms with Crippen molar-refractivity contribution in [2.24, 2.45) is 11.7 Å². The van der Waals surface area contributed by atoms with Crippen molar-refractivity contribution < 1.29 is 4.74 Å². The molecule has 13 heavy (non-hydrogen) atoms. The molecule has 2 N–H and O–H groups in total. The van der Waals surface area contributed by atoms with Crippen LogP contribution in [0.25, 0.3) is 0 Å². The summed E-state index contributed by atoms with van der Waals surface area (Å²) in [7, 11) is 1.78. The van der Waals surface area contributed by atoms with Gasteiger partial charge in [-0.05, 0) is 39.2 Å². The third-order valence-electron chi connectivity index (χ3n) is 2.69. The van der Waals surface area contributed by atoms with Gasteiger partial charge in [0.2, 0.25) is 0 Å². The Hall–Kier alpha value is -0.0800. The van der Waals surface area contributed by atoms with Crippen LogP contribution in [0.4, 0.5) is 0 Å². The minimum atomic E-state index is 0.0441. The van der Waals surface area contributed by atoms with Gasteiger partial charge < -0.3 is 10.5 Å².